The zero-order valence-electron chi connectivity index (χ0n) is 15.7. The third-order valence-corrected chi connectivity index (χ3v) is 5.20. The zero-order chi connectivity index (χ0) is 20.7. The standard InChI is InChI=1S/C23H16N2O5/c26-21(27)17-10-5-11-19-20(17)24-22(30-19)25-23(28)29-12-18-15-8-3-1-6-13(15)14-7-2-4-9-16(14)18/h1-11,18H,12H2,(H,26,27)(H,24,25,28). The number of carbonyl (C=O) groups is 2. The van der Waals surface area contributed by atoms with Crippen LogP contribution < -0.4 is 5.32 Å². The number of carboxylic acids is 1. The molecule has 0 saturated carbocycles. The lowest BCUT2D eigenvalue weighted by atomic mass is 9.98. The van der Waals surface area contributed by atoms with Crippen LogP contribution >= 0.6 is 0 Å². The Labute approximate surface area is 170 Å². The van der Waals surface area contributed by atoms with E-state index in [1.54, 1.807) is 12.1 Å². The number of hydrogen-bond donors (Lipinski definition) is 2. The molecule has 4 aromatic rings. The van der Waals surface area contributed by atoms with E-state index in [0.717, 1.165) is 22.3 Å². The van der Waals surface area contributed by atoms with Crippen molar-refractivity contribution in [1.82, 2.24) is 4.98 Å². The summed E-state index contributed by atoms with van der Waals surface area (Å²) in [5.41, 5.74) is 4.93. The summed E-state index contributed by atoms with van der Waals surface area (Å²) in [5.74, 6) is -1.19. The van der Waals surface area contributed by atoms with Gasteiger partial charge in [0.1, 0.15) is 12.1 Å². The summed E-state index contributed by atoms with van der Waals surface area (Å²) in [4.78, 5) is 27.7. The van der Waals surface area contributed by atoms with Crippen LogP contribution in [0, 0.1) is 0 Å². The fourth-order valence-corrected chi connectivity index (χ4v) is 3.90. The van der Waals surface area contributed by atoms with Gasteiger partial charge in [-0.25, -0.2) is 14.9 Å². The molecular weight excluding hydrogens is 384 g/mol. The number of oxazole rings is 1. The van der Waals surface area contributed by atoms with E-state index in [2.05, 4.69) is 22.4 Å². The maximum absolute atomic E-state index is 12.3. The Balaban J connectivity index is 1.33. The molecule has 148 valence electrons. The molecule has 0 bridgehead atoms. The molecule has 3 aromatic carbocycles. The lowest BCUT2D eigenvalue weighted by Crippen LogP contribution is -2.18. The van der Waals surface area contributed by atoms with Crippen LogP contribution in [-0.2, 0) is 4.74 Å². The maximum atomic E-state index is 12.3. The van der Waals surface area contributed by atoms with Crippen molar-refractivity contribution in [1.29, 1.82) is 0 Å². The van der Waals surface area contributed by atoms with Gasteiger partial charge in [0, 0.05) is 5.92 Å². The number of carboxylic acid groups (broad SMARTS) is 1. The van der Waals surface area contributed by atoms with E-state index in [1.807, 2.05) is 36.4 Å². The molecule has 7 nitrogen and oxygen atoms in total. The first kappa shape index (κ1) is 17.9. The molecule has 0 saturated heterocycles. The van der Waals surface area contributed by atoms with Gasteiger partial charge in [-0.05, 0) is 34.4 Å². The monoisotopic (exact) mass is 400 g/mol. The number of nitrogens with one attached hydrogen (secondary N) is 1. The first-order valence-electron chi connectivity index (χ1n) is 9.36. The van der Waals surface area contributed by atoms with Crippen LogP contribution in [0.5, 0.6) is 0 Å². The lowest BCUT2D eigenvalue weighted by molar-refractivity contribution is 0.0698. The minimum absolute atomic E-state index is 0.00293. The van der Waals surface area contributed by atoms with Crippen molar-refractivity contribution in [3.63, 3.8) is 0 Å². The smallest absolute Gasteiger partial charge is 0.415 e. The van der Waals surface area contributed by atoms with E-state index in [0.29, 0.717) is 0 Å². The average Bonchev–Trinajstić information content (AvgIpc) is 3.30. The average molecular weight is 400 g/mol. The van der Waals surface area contributed by atoms with Gasteiger partial charge in [0.15, 0.2) is 5.58 Å². The molecule has 1 aromatic heterocycles. The van der Waals surface area contributed by atoms with Crippen molar-refractivity contribution < 1.29 is 23.8 Å². The molecule has 0 fully saturated rings. The molecule has 7 heteroatoms. The van der Waals surface area contributed by atoms with Crippen molar-refractivity contribution in [3.05, 3.63) is 83.4 Å². The third kappa shape index (κ3) is 2.97. The minimum Gasteiger partial charge on any atom is -0.478 e. The summed E-state index contributed by atoms with van der Waals surface area (Å²) < 4.78 is 10.9. The first-order valence-corrected chi connectivity index (χ1v) is 9.36. The lowest BCUT2D eigenvalue weighted by Gasteiger charge is -2.13. The number of aromatic nitrogens is 1. The number of nitrogens with zero attached hydrogens (tertiary/aromatic N) is 1. The third-order valence-electron chi connectivity index (χ3n) is 5.20. The normalized spacial score (nSPS) is 12.4. The maximum Gasteiger partial charge on any atom is 0.415 e. The number of fused-ring (bicyclic) bond motifs is 4. The van der Waals surface area contributed by atoms with Gasteiger partial charge >= 0.3 is 18.1 Å². The predicted octanol–water partition coefficient (Wildman–Crippen LogP) is 4.89. The first-order chi connectivity index (χ1) is 14.6. The quantitative estimate of drug-likeness (QED) is 0.506. The van der Waals surface area contributed by atoms with Crippen molar-refractivity contribution in [3.8, 4) is 11.1 Å². The Morgan fingerprint density at radius 1 is 0.967 bits per heavy atom. The Bertz CT molecular complexity index is 1250. The molecule has 1 aliphatic carbocycles. The fourth-order valence-electron chi connectivity index (χ4n) is 3.90. The molecule has 1 amide bonds. The van der Waals surface area contributed by atoms with Crippen LogP contribution in [0.15, 0.2) is 71.1 Å². The van der Waals surface area contributed by atoms with E-state index >= 15 is 0 Å². The minimum atomic E-state index is -1.12. The van der Waals surface area contributed by atoms with Gasteiger partial charge in [-0.15, -0.1) is 0 Å². The summed E-state index contributed by atoms with van der Waals surface area (Å²) >= 11 is 0. The van der Waals surface area contributed by atoms with Gasteiger partial charge in [-0.2, -0.15) is 4.98 Å². The highest BCUT2D eigenvalue weighted by Crippen LogP contribution is 2.44. The molecule has 1 aliphatic rings. The van der Waals surface area contributed by atoms with Crippen LogP contribution in [0.4, 0.5) is 10.8 Å². The Morgan fingerprint density at radius 2 is 1.63 bits per heavy atom. The van der Waals surface area contributed by atoms with E-state index in [-0.39, 0.29) is 35.2 Å². The number of ether oxygens (including phenoxy) is 1. The highest BCUT2D eigenvalue weighted by molar-refractivity contribution is 6.01. The largest absolute Gasteiger partial charge is 0.478 e. The van der Waals surface area contributed by atoms with Crippen molar-refractivity contribution >= 4 is 29.2 Å². The molecular formula is C23H16N2O5. The molecule has 30 heavy (non-hydrogen) atoms. The number of rotatable bonds is 4. The van der Waals surface area contributed by atoms with Crippen LogP contribution in [-0.4, -0.2) is 28.8 Å². The molecule has 2 N–H and O–H groups in total. The van der Waals surface area contributed by atoms with Crippen molar-refractivity contribution in [2.75, 3.05) is 11.9 Å². The second-order valence-electron chi connectivity index (χ2n) is 6.93. The molecule has 0 spiro atoms. The molecule has 0 radical (unpaired) electrons. The number of para-hydroxylation sites is 1. The molecule has 0 unspecified atom stereocenters. The Hall–Kier alpha value is -4.13. The number of benzene rings is 3. The van der Waals surface area contributed by atoms with Gasteiger partial charge in [-0.1, -0.05) is 54.6 Å². The SMILES string of the molecule is O=C(Nc1nc2c(C(=O)O)cccc2o1)OCC1c2ccccc2-c2ccccc21. The van der Waals surface area contributed by atoms with E-state index in [9.17, 15) is 14.7 Å². The number of amides is 1. The molecule has 0 aliphatic heterocycles. The predicted molar refractivity (Wildman–Crippen MR) is 110 cm³/mol. The molecule has 0 atom stereocenters. The second kappa shape index (κ2) is 7.04. The number of anilines is 1. The summed E-state index contributed by atoms with van der Waals surface area (Å²) in [6.07, 6.45) is -0.722. The summed E-state index contributed by atoms with van der Waals surface area (Å²) in [6, 6.07) is 20.6. The highest BCUT2D eigenvalue weighted by atomic mass is 16.6. The van der Waals surface area contributed by atoms with E-state index in [4.69, 9.17) is 9.15 Å². The number of hydrogen-bond acceptors (Lipinski definition) is 5. The van der Waals surface area contributed by atoms with Crippen LogP contribution in [0.1, 0.15) is 27.4 Å². The zero-order valence-corrected chi connectivity index (χ0v) is 15.7. The van der Waals surface area contributed by atoms with Gasteiger partial charge in [-0.3, -0.25) is 0 Å². The van der Waals surface area contributed by atoms with E-state index < -0.39 is 12.1 Å². The topological polar surface area (TPSA) is 102 Å². The van der Waals surface area contributed by atoms with Crippen LogP contribution in [0.2, 0.25) is 0 Å². The number of carbonyl (C=O) groups excluding carboxylic acids is 1. The summed E-state index contributed by atoms with van der Waals surface area (Å²) in [7, 11) is 0. The van der Waals surface area contributed by atoms with Gasteiger partial charge in [0.05, 0.1) is 5.56 Å². The Morgan fingerprint density at radius 3 is 2.30 bits per heavy atom. The number of aromatic carboxylic acids is 1. The van der Waals surface area contributed by atoms with Crippen LogP contribution in [0.25, 0.3) is 22.2 Å². The molecule has 1 heterocycles. The second-order valence-corrected chi connectivity index (χ2v) is 6.93. The van der Waals surface area contributed by atoms with Gasteiger partial charge < -0.3 is 14.3 Å². The summed E-state index contributed by atoms with van der Waals surface area (Å²) in [5, 5.41) is 11.7. The van der Waals surface area contributed by atoms with Crippen molar-refractivity contribution in [2.24, 2.45) is 0 Å². The van der Waals surface area contributed by atoms with Crippen molar-refractivity contribution in [2.45, 2.75) is 5.92 Å². The van der Waals surface area contributed by atoms with E-state index in [1.165, 1.54) is 6.07 Å². The highest BCUT2D eigenvalue weighted by Gasteiger charge is 2.29. The molecule has 5 rings (SSSR count). The van der Waals surface area contributed by atoms with Gasteiger partial charge in [0.25, 0.3) is 0 Å². The van der Waals surface area contributed by atoms with Crippen LogP contribution in [0.3, 0.4) is 0 Å². The summed E-state index contributed by atoms with van der Waals surface area (Å²) in [6.45, 7) is 0.153. The van der Waals surface area contributed by atoms with Gasteiger partial charge in [0.2, 0.25) is 0 Å². The Kier molecular flexibility index (Phi) is 4.21. The fraction of sp³-hybridized carbons (Fsp3) is 0.0870.